The number of ether oxygens (including phenoxy) is 2. The highest BCUT2D eigenvalue weighted by molar-refractivity contribution is 7.90. The summed E-state index contributed by atoms with van der Waals surface area (Å²) in [5, 5.41) is 38.1. The second kappa shape index (κ2) is 35.5. The Hall–Kier alpha value is -10.4. The smallest absolute Gasteiger partial charge is 0.321 e. The number of carbonyl (C=O) groups excluding carboxylic acids is 5. The molecule has 6 aromatic carbocycles. The number of hydrogen-bond acceptors (Lipinski definition) is 20. The van der Waals surface area contributed by atoms with Crippen molar-refractivity contribution in [2.24, 2.45) is 17.8 Å². The number of benzene rings is 6. The number of nitro benzene ring substituents is 2. The van der Waals surface area contributed by atoms with Crippen molar-refractivity contribution in [3.05, 3.63) is 157 Å². The van der Waals surface area contributed by atoms with Crippen molar-refractivity contribution < 1.29 is 73.1 Å². The van der Waals surface area contributed by atoms with Gasteiger partial charge in [-0.25, -0.2) is 30.0 Å². The van der Waals surface area contributed by atoms with Gasteiger partial charge in [-0.1, -0.05) is 42.8 Å². The Bertz CT molecular complexity index is 4990. The van der Waals surface area contributed by atoms with Gasteiger partial charge in [0.25, 0.3) is 27.3 Å². The quantitative estimate of drug-likeness (QED) is 0.00220. The van der Waals surface area contributed by atoms with Crippen LogP contribution in [-0.4, -0.2) is 149 Å². The summed E-state index contributed by atoms with van der Waals surface area (Å²) in [6.07, 6.45) is 1.99. The number of nitrogens with one attached hydrogen (secondary N) is 5. The summed E-state index contributed by atoms with van der Waals surface area (Å²) >= 11 is 0. The summed E-state index contributed by atoms with van der Waals surface area (Å²) in [4.78, 5) is 92.8. The molecule has 1 aliphatic rings. The second-order valence-corrected chi connectivity index (χ2v) is 33.5. The lowest BCUT2D eigenvalue weighted by atomic mass is 9.88. The summed E-state index contributed by atoms with van der Waals surface area (Å²) in [7, 11) is -12.1. The van der Waals surface area contributed by atoms with E-state index in [0.29, 0.717) is 82.3 Å². The van der Waals surface area contributed by atoms with Crippen LogP contribution in [0.1, 0.15) is 131 Å². The zero-order valence-electron chi connectivity index (χ0n) is 62.0. The van der Waals surface area contributed by atoms with Crippen molar-refractivity contribution in [3.63, 3.8) is 0 Å². The zero-order chi connectivity index (χ0) is 79.2. The van der Waals surface area contributed by atoms with E-state index in [4.69, 9.17) is 26.7 Å². The molecule has 1 atom stereocenters. The van der Waals surface area contributed by atoms with Crippen LogP contribution in [0.5, 0.6) is 5.75 Å². The fraction of sp³-hybridized carbons (Fsp3) is 0.419. The number of anilines is 2. The highest BCUT2D eigenvalue weighted by Crippen LogP contribution is 2.43. The van der Waals surface area contributed by atoms with Crippen molar-refractivity contribution in [1.82, 2.24) is 34.6 Å². The normalized spacial score (nSPS) is 13.5. The molecule has 0 fully saturated rings. The van der Waals surface area contributed by atoms with Gasteiger partial charge in [-0.15, -0.1) is 0 Å². The Morgan fingerprint density at radius 3 is 1.94 bits per heavy atom. The third-order valence-corrected chi connectivity index (χ3v) is 23.8. The van der Waals surface area contributed by atoms with E-state index < -0.39 is 135 Å². The first-order valence-corrected chi connectivity index (χ1v) is 39.6. The molecular formula is C74H95N14O17S3+. The van der Waals surface area contributed by atoms with Crippen LogP contribution in [0.4, 0.5) is 22.7 Å². The third-order valence-electron chi connectivity index (χ3n) is 18.3. The lowest BCUT2D eigenvalue weighted by Gasteiger charge is -2.35. The number of aryl methyl sites for hydroxylation is 1. The van der Waals surface area contributed by atoms with Crippen LogP contribution in [-0.2, 0) is 67.5 Å². The predicted molar refractivity (Wildman–Crippen MR) is 409 cm³/mol. The van der Waals surface area contributed by atoms with Crippen LogP contribution in [0.15, 0.2) is 129 Å². The molecular weight excluding hydrogens is 1450 g/mol. The molecule has 108 heavy (non-hydrogen) atoms. The maximum absolute atomic E-state index is 14.5. The van der Waals surface area contributed by atoms with Gasteiger partial charge in [0.2, 0.25) is 54.9 Å². The molecule has 4 amide bonds. The average Bonchev–Trinajstić information content (AvgIpc) is 0.747. The molecule has 34 heteroatoms. The van der Waals surface area contributed by atoms with Crippen molar-refractivity contribution >= 4 is 110 Å². The van der Waals surface area contributed by atoms with Crippen molar-refractivity contribution in [3.8, 4) is 17.0 Å². The highest BCUT2D eigenvalue weighted by atomic mass is 32.2. The number of nitrogens with zero attached hydrogens (tertiary/aromatic N) is 6. The number of amides is 4. The van der Waals surface area contributed by atoms with E-state index in [1.165, 1.54) is 45.0 Å². The minimum Gasteiger partial charge on any atom is -0.487 e. The van der Waals surface area contributed by atoms with E-state index in [-0.39, 0.29) is 68.4 Å². The number of nitrogen functional groups attached to an aromatic ring is 2. The summed E-state index contributed by atoms with van der Waals surface area (Å²) in [6.45, 7) is 10.9. The number of fused-ring (bicyclic) bond motifs is 4. The fourth-order valence-corrected chi connectivity index (χ4v) is 17.7. The summed E-state index contributed by atoms with van der Waals surface area (Å²) < 4.78 is 103. The van der Waals surface area contributed by atoms with E-state index in [1.807, 2.05) is 80.1 Å². The largest absolute Gasteiger partial charge is 0.487 e. The maximum atomic E-state index is 14.5. The van der Waals surface area contributed by atoms with Crippen LogP contribution in [0.2, 0.25) is 0 Å². The lowest BCUT2D eigenvalue weighted by Crippen LogP contribution is -2.48. The van der Waals surface area contributed by atoms with Gasteiger partial charge in [-0.05, 0) is 184 Å². The molecule has 1 aliphatic heterocycles. The van der Waals surface area contributed by atoms with Crippen molar-refractivity contribution in [2.45, 2.75) is 158 Å². The van der Waals surface area contributed by atoms with Gasteiger partial charge >= 0.3 is 5.97 Å². The van der Waals surface area contributed by atoms with E-state index in [2.05, 4.69) is 31.0 Å². The topological polar surface area (TPSA) is 453 Å². The highest BCUT2D eigenvalue weighted by Gasteiger charge is 2.38. The van der Waals surface area contributed by atoms with E-state index >= 15 is 0 Å². The van der Waals surface area contributed by atoms with E-state index in [1.54, 1.807) is 26.8 Å². The Morgan fingerprint density at radius 1 is 0.676 bits per heavy atom. The number of esters is 1. The number of aromatic nitrogens is 1. The molecule has 580 valence electrons. The van der Waals surface area contributed by atoms with Gasteiger partial charge < -0.3 is 47.9 Å². The molecule has 7 aromatic rings. The van der Waals surface area contributed by atoms with Crippen LogP contribution < -0.4 is 52.5 Å². The monoisotopic (exact) mass is 1550 g/mol. The van der Waals surface area contributed by atoms with Crippen molar-refractivity contribution in [2.75, 3.05) is 63.8 Å². The van der Waals surface area contributed by atoms with Gasteiger partial charge in [-0.3, -0.25) is 49.2 Å². The molecule has 0 unspecified atom stereocenters. The van der Waals surface area contributed by atoms with Crippen LogP contribution in [0.3, 0.4) is 0 Å². The van der Waals surface area contributed by atoms with Crippen LogP contribution in [0.25, 0.3) is 32.9 Å². The summed E-state index contributed by atoms with van der Waals surface area (Å²) in [5.41, 5.74) is 22.1. The van der Waals surface area contributed by atoms with Gasteiger partial charge in [0, 0.05) is 105 Å². The minimum absolute atomic E-state index is 0.0300. The molecule has 11 N–H and O–H groups in total. The molecule has 0 saturated heterocycles. The van der Waals surface area contributed by atoms with Gasteiger partial charge in [0.05, 0.1) is 25.5 Å². The van der Waals surface area contributed by atoms with Crippen LogP contribution in [0, 0.1) is 41.0 Å². The van der Waals surface area contributed by atoms with Crippen molar-refractivity contribution in [1.29, 1.82) is 0 Å². The molecule has 8 rings (SSSR count). The molecule has 0 aliphatic carbocycles. The summed E-state index contributed by atoms with van der Waals surface area (Å²) in [5.74, 6) is -2.90. The third kappa shape index (κ3) is 21.0. The van der Waals surface area contributed by atoms with E-state index in [0.717, 1.165) is 67.1 Å². The SMILES string of the molecule is Cc1c(C)c(S(=O)(=O)NC(N)=NCCC[C@H](NC(=O)CCNC(=O)CCCCCNC(=O)c2cccc(-c3c4cc(N)ccc4c4ccc(N)cc4[n+]3C)c2)C(=O)NCCCN(CCCN(CC(=O)OC(C)(C)C)S(=O)(=O)c2ccccc2[N+](=O)[O-])S(=O)(=O)c2ccccc2[N+](=O)[O-])c(C)c2c1OC(C)(C)CC2. The fourth-order valence-electron chi connectivity index (χ4n) is 12.9. The van der Waals surface area contributed by atoms with E-state index in [9.17, 15) is 69.5 Å². The number of nitrogens with two attached hydrogens (primary N) is 3. The molecule has 0 spiro atoms. The standard InChI is InChI=1S/C74H94N14O17S3/c1-47-48(2)69(49(3)54-33-35-74(7,8)105-68(47)54)106(98,99)83-72(77)81-37-18-23-58(82-65(90)34-39-78-64(89)28-11-10-16-36-79-70(92)51-22-17-21-50(43-51)67-57-44-52(75)29-31-55(57)56-32-30-53(76)45-61(56)84(67)9)71(93)80-38-19-40-85(107(100,101)62-26-14-12-24-59(62)87(94)95)41-20-42-86(46-66(91)104-73(4,5)6)108(102,103)63-27-15-13-25-60(63)88(96)97/h12-15,17,21-22,24-27,29-32,43-45,58,76H,10-11,16,18-20,23,28,33-42,46,75H2,1-9H3,(H7,77,78,79,80,81,82,83,89,90,92,93)/p+1/t58-/m0/s1. The molecule has 0 radical (unpaired) electrons. The first kappa shape index (κ1) is 83.2. The first-order valence-electron chi connectivity index (χ1n) is 35.3. The number of sulfonamides is 3. The van der Waals surface area contributed by atoms with Crippen LogP contribution >= 0.6 is 0 Å². The van der Waals surface area contributed by atoms with Gasteiger partial charge in [0.15, 0.2) is 9.79 Å². The minimum atomic E-state index is -4.88. The second-order valence-electron chi connectivity index (χ2n) is 28.0. The Morgan fingerprint density at radius 2 is 1.29 bits per heavy atom. The first-order chi connectivity index (χ1) is 50.8. The molecule has 1 aromatic heterocycles. The van der Waals surface area contributed by atoms with Gasteiger partial charge in [0.1, 0.15) is 36.6 Å². The lowest BCUT2D eigenvalue weighted by molar-refractivity contribution is -0.632. The zero-order valence-corrected chi connectivity index (χ0v) is 64.4. The number of unbranched alkanes of at least 4 members (excludes halogenated alkanes) is 2. The number of nitro groups is 2. The number of pyridine rings is 1. The number of hydrogen-bond donors (Lipinski definition) is 8. The maximum Gasteiger partial charge on any atom is 0.321 e. The Labute approximate surface area is 628 Å². The predicted octanol–water partition coefficient (Wildman–Crippen LogP) is 7.47. The molecule has 2 heterocycles. The number of aliphatic imine (C=N–C) groups is 1. The number of carbonyl (C=O) groups is 5. The molecule has 31 nitrogen and oxygen atoms in total. The Kier molecular flexibility index (Phi) is 27.4. The number of rotatable bonds is 35. The number of guanidine groups is 1. The number of para-hydroxylation sites is 2. The molecule has 0 bridgehead atoms. The Balaban J connectivity index is 0.900. The average molecular weight is 1550 g/mol. The van der Waals surface area contributed by atoms with Gasteiger partial charge in [-0.2, -0.15) is 13.2 Å². The molecule has 0 saturated carbocycles. The summed E-state index contributed by atoms with van der Waals surface area (Å²) in [6, 6.07) is 26.4.